The monoisotopic (exact) mass is 455 g/mol. The maximum absolute atomic E-state index is 14.8. The van der Waals surface area contributed by atoms with Gasteiger partial charge in [0.05, 0.1) is 17.4 Å². The van der Waals surface area contributed by atoms with Crippen molar-refractivity contribution in [1.29, 1.82) is 0 Å². The molecule has 4 heterocycles. The molecule has 0 radical (unpaired) electrons. The number of halogens is 1. The third-order valence-electron chi connectivity index (χ3n) is 5.70. The number of amides is 1. The summed E-state index contributed by atoms with van der Waals surface area (Å²) in [7, 11) is 1.66. The molecule has 0 aromatic carbocycles. The normalized spacial score (nSPS) is 12.5. The molecular formula is C21H26FN9O2. The summed E-state index contributed by atoms with van der Waals surface area (Å²) in [6, 6.07) is 1.57. The Morgan fingerprint density at radius 2 is 2.00 bits per heavy atom. The molecular weight excluding hydrogens is 429 g/mol. The predicted octanol–water partition coefficient (Wildman–Crippen LogP) is 1.68. The summed E-state index contributed by atoms with van der Waals surface area (Å²) in [6.45, 7) is 6.34. The molecule has 4 aromatic rings. The number of aliphatic hydroxyl groups is 1. The van der Waals surface area contributed by atoms with Gasteiger partial charge in [-0.15, -0.1) is 5.10 Å². The number of fused-ring (bicyclic) bond motifs is 1. The lowest BCUT2D eigenvalue weighted by Crippen LogP contribution is -2.16. The van der Waals surface area contributed by atoms with Gasteiger partial charge >= 0.3 is 0 Å². The Morgan fingerprint density at radius 1 is 1.24 bits per heavy atom. The molecule has 0 saturated carbocycles. The maximum Gasteiger partial charge on any atom is 0.267 e. The Kier molecular flexibility index (Phi) is 5.93. The van der Waals surface area contributed by atoms with Crippen LogP contribution in [0.4, 0.5) is 4.39 Å². The molecule has 0 fully saturated rings. The van der Waals surface area contributed by atoms with E-state index in [4.69, 9.17) is 5.73 Å². The summed E-state index contributed by atoms with van der Waals surface area (Å²) in [4.78, 5) is 21.0. The van der Waals surface area contributed by atoms with E-state index in [1.807, 2.05) is 13.8 Å². The van der Waals surface area contributed by atoms with Gasteiger partial charge in [0, 0.05) is 38.0 Å². The highest BCUT2D eigenvalue weighted by molar-refractivity contribution is 5.99. The Balaban J connectivity index is 1.90. The van der Waals surface area contributed by atoms with Crippen LogP contribution in [0.3, 0.4) is 0 Å². The summed E-state index contributed by atoms with van der Waals surface area (Å²) in [5.41, 5.74) is 7.01. The molecule has 1 amide bonds. The molecule has 1 unspecified atom stereocenters. The van der Waals surface area contributed by atoms with E-state index in [1.54, 1.807) is 30.9 Å². The highest BCUT2D eigenvalue weighted by Crippen LogP contribution is 2.30. The lowest BCUT2D eigenvalue weighted by molar-refractivity contribution is 0.0995. The predicted molar refractivity (Wildman–Crippen MR) is 118 cm³/mol. The summed E-state index contributed by atoms with van der Waals surface area (Å²) in [6.07, 6.45) is 2.39. The number of nitrogens with two attached hydrogens (primary N) is 1. The second-order valence-corrected chi connectivity index (χ2v) is 7.88. The van der Waals surface area contributed by atoms with Crippen LogP contribution < -0.4 is 5.73 Å². The van der Waals surface area contributed by atoms with E-state index in [0.29, 0.717) is 35.5 Å². The smallest absolute Gasteiger partial charge is 0.267 e. The first-order valence-corrected chi connectivity index (χ1v) is 10.7. The van der Waals surface area contributed by atoms with Gasteiger partial charge in [0.15, 0.2) is 11.6 Å². The minimum atomic E-state index is -0.701. The van der Waals surface area contributed by atoms with Gasteiger partial charge in [0.2, 0.25) is 5.82 Å². The fourth-order valence-corrected chi connectivity index (χ4v) is 3.77. The van der Waals surface area contributed by atoms with Crippen molar-refractivity contribution >= 4 is 16.8 Å². The molecule has 4 aromatic heterocycles. The minimum absolute atomic E-state index is 0.00344. The van der Waals surface area contributed by atoms with Crippen LogP contribution in [0.15, 0.2) is 12.3 Å². The fourth-order valence-electron chi connectivity index (χ4n) is 3.77. The van der Waals surface area contributed by atoms with E-state index in [9.17, 15) is 14.3 Å². The SMILES string of the molecule is CCC(CO)Cn1ncc2c(-c3nc(-c4c(F)c(C)nn4CC)nn3C)nc(C(N)=O)cc21. The Hall–Kier alpha value is -3.67. The first-order valence-electron chi connectivity index (χ1n) is 10.7. The van der Waals surface area contributed by atoms with Gasteiger partial charge < -0.3 is 10.8 Å². The Labute approximate surface area is 189 Å². The molecule has 1 atom stereocenters. The standard InChI is InChI=1S/C21H26FN9O2/c1-5-12(10-32)9-31-15-7-14(19(23)33)25-17(13(15)8-24-31)21-26-20(28-29(21)4)18-16(22)11(3)27-30(18)6-2/h7-8,12,32H,5-6,9-10H2,1-4H3,(H2,23,33). The van der Waals surface area contributed by atoms with Gasteiger partial charge in [-0.1, -0.05) is 6.92 Å². The zero-order valence-corrected chi connectivity index (χ0v) is 18.9. The van der Waals surface area contributed by atoms with Crippen molar-refractivity contribution in [1.82, 2.24) is 39.3 Å². The number of aryl methyl sites for hydroxylation is 3. The number of hydrogen-bond acceptors (Lipinski definition) is 7. The number of aromatic nitrogens is 8. The van der Waals surface area contributed by atoms with Gasteiger partial charge in [-0.3, -0.25) is 14.2 Å². The van der Waals surface area contributed by atoms with Crippen molar-refractivity contribution in [3.8, 4) is 23.0 Å². The van der Waals surface area contributed by atoms with E-state index in [0.717, 1.165) is 6.42 Å². The maximum atomic E-state index is 14.8. The van der Waals surface area contributed by atoms with Crippen LogP contribution in [-0.2, 0) is 20.1 Å². The van der Waals surface area contributed by atoms with Crippen molar-refractivity contribution in [2.24, 2.45) is 18.7 Å². The fraction of sp³-hybridized carbons (Fsp3) is 0.429. The average Bonchev–Trinajstić information content (AvgIpc) is 3.46. The van der Waals surface area contributed by atoms with Crippen LogP contribution in [0.5, 0.6) is 0 Å². The van der Waals surface area contributed by atoms with E-state index in [2.05, 4.69) is 25.3 Å². The van der Waals surface area contributed by atoms with E-state index >= 15 is 0 Å². The van der Waals surface area contributed by atoms with Crippen LogP contribution in [0.1, 0.15) is 36.5 Å². The lowest BCUT2D eigenvalue weighted by atomic mass is 10.1. The molecule has 0 bridgehead atoms. The Bertz CT molecular complexity index is 1330. The number of hydrogen-bond donors (Lipinski definition) is 2. The summed E-state index contributed by atoms with van der Waals surface area (Å²) < 4.78 is 19.5. The molecule has 33 heavy (non-hydrogen) atoms. The number of aliphatic hydroxyl groups excluding tert-OH is 1. The number of carbonyl (C=O) groups excluding carboxylic acids is 1. The molecule has 174 valence electrons. The van der Waals surface area contributed by atoms with Crippen molar-refractivity contribution in [3.05, 3.63) is 29.5 Å². The third-order valence-corrected chi connectivity index (χ3v) is 5.70. The molecule has 0 aliphatic rings. The summed E-state index contributed by atoms with van der Waals surface area (Å²) in [5, 5.41) is 23.3. The number of rotatable bonds is 8. The number of nitrogens with zero attached hydrogens (tertiary/aromatic N) is 8. The number of pyridine rings is 1. The lowest BCUT2D eigenvalue weighted by Gasteiger charge is -2.13. The van der Waals surface area contributed by atoms with Crippen molar-refractivity contribution in [2.45, 2.75) is 40.3 Å². The summed E-state index contributed by atoms with van der Waals surface area (Å²) >= 11 is 0. The van der Waals surface area contributed by atoms with Crippen LogP contribution in [0, 0.1) is 18.7 Å². The van der Waals surface area contributed by atoms with Crippen LogP contribution >= 0.6 is 0 Å². The van der Waals surface area contributed by atoms with E-state index in [1.165, 1.54) is 9.36 Å². The molecule has 0 aliphatic heterocycles. The molecule has 0 saturated heterocycles. The Morgan fingerprint density at radius 3 is 2.64 bits per heavy atom. The average molecular weight is 455 g/mol. The van der Waals surface area contributed by atoms with Gasteiger partial charge in [-0.2, -0.15) is 10.2 Å². The molecule has 0 aliphatic carbocycles. The van der Waals surface area contributed by atoms with Gasteiger partial charge in [0.1, 0.15) is 17.1 Å². The molecule has 11 nitrogen and oxygen atoms in total. The van der Waals surface area contributed by atoms with Crippen molar-refractivity contribution in [2.75, 3.05) is 6.61 Å². The number of primary amides is 1. The van der Waals surface area contributed by atoms with Gasteiger partial charge in [-0.25, -0.2) is 19.0 Å². The zero-order chi connectivity index (χ0) is 23.9. The van der Waals surface area contributed by atoms with Gasteiger partial charge in [0.25, 0.3) is 5.91 Å². The molecule has 0 spiro atoms. The summed E-state index contributed by atoms with van der Waals surface area (Å²) in [5.74, 6) is -0.698. The number of carbonyl (C=O) groups is 1. The van der Waals surface area contributed by atoms with Crippen molar-refractivity contribution in [3.63, 3.8) is 0 Å². The molecule has 3 N–H and O–H groups in total. The van der Waals surface area contributed by atoms with Gasteiger partial charge in [-0.05, 0) is 26.3 Å². The second kappa shape index (κ2) is 8.70. The molecule has 12 heteroatoms. The highest BCUT2D eigenvalue weighted by Gasteiger charge is 2.24. The van der Waals surface area contributed by atoms with Crippen LogP contribution in [-0.4, -0.2) is 56.9 Å². The minimum Gasteiger partial charge on any atom is -0.396 e. The molecule has 4 rings (SSSR count). The van der Waals surface area contributed by atoms with Crippen LogP contribution in [0.25, 0.3) is 33.9 Å². The largest absolute Gasteiger partial charge is 0.396 e. The third kappa shape index (κ3) is 3.86. The highest BCUT2D eigenvalue weighted by atomic mass is 19.1. The zero-order valence-electron chi connectivity index (χ0n) is 18.9. The first kappa shape index (κ1) is 22.5. The van der Waals surface area contributed by atoms with E-state index < -0.39 is 11.7 Å². The van der Waals surface area contributed by atoms with Crippen molar-refractivity contribution < 1.29 is 14.3 Å². The topological polar surface area (TPSA) is 143 Å². The second-order valence-electron chi connectivity index (χ2n) is 7.88. The first-order chi connectivity index (χ1) is 15.8. The quantitative estimate of drug-likeness (QED) is 0.411. The van der Waals surface area contributed by atoms with E-state index in [-0.39, 0.29) is 35.4 Å². The van der Waals surface area contributed by atoms with Crippen LogP contribution in [0.2, 0.25) is 0 Å².